The summed E-state index contributed by atoms with van der Waals surface area (Å²) in [5.41, 5.74) is 2.98. The van der Waals surface area contributed by atoms with Crippen molar-refractivity contribution in [2.45, 2.75) is 32.4 Å². The maximum Gasteiger partial charge on any atom is 0.355 e. The summed E-state index contributed by atoms with van der Waals surface area (Å²) in [4.78, 5) is 34.6. The average molecular weight is 321 g/mol. The maximum atomic E-state index is 12.8. The molecular formula is C15H16FN3O4. The van der Waals surface area contributed by atoms with Crippen molar-refractivity contribution < 1.29 is 23.5 Å². The van der Waals surface area contributed by atoms with Crippen LogP contribution in [-0.2, 0) is 25.7 Å². The highest BCUT2D eigenvalue weighted by Crippen LogP contribution is 2.05. The molecule has 2 rings (SSSR count). The zero-order valence-corrected chi connectivity index (χ0v) is 12.5. The number of nitrogens with one attached hydrogen (secondary N) is 2. The number of ether oxygens (including phenoxy) is 1. The van der Waals surface area contributed by atoms with Crippen LogP contribution in [0.4, 0.5) is 4.39 Å². The van der Waals surface area contributed by atoms with Gasteiger partial charge >= 0.3 is 5.97 Å². The molecule has 122 valence electrons. The lowest BCUT2D eigenvalue weighted by Gasteiger charge is -2.15. The second-order valence-electron chi connectivity index (χ2n) is 4.99. The molecule has 8 heteroatoms. The second-order valence-corrected chi connectivity index (χ2v) is 4.99. The molecule has 0 radical (unpaired) electrons. The Morgan fingerprint density at radius 2 is 2.04 bits per heavy atom. The summed E-state index contributed by atoms with van der Waals surface area (Å²) in [5.74, 6) is -1.85. The molecule has 7 nitrogen and oxygen atoms in total. The lowest BCUT2D eigenvalue weighted by molar-refractivity contribution is -0.148. The molecule has 23 heavy (non-hydrogen) atoms. The third-order valence-electron chi connectivity index (χ3n) is 3.17. The molecule has 0 aliphatic carbocycles. The van der Waals surface area contributed by atoms with E-state index in [9.17, 15) is 18.8 Å². The van der Waals surface area contributed by atoms with Gasteiger partial charge in [0.2, 0.25) is 5.91 Å². The third-order valence-corrected chi connectivity index (χ3v) is 3.17. The molecule has 0 aromatic heterocycles. The number of rotatable bonds is 5. The van der Waals surface area contributed by atoms with E-state index in [-0.39, 0.29) is 36.8 Å². The Kier molecular flexibility index (Phi) is 5.40. The summed E-state index contributed by atoms with van der Waals surface area (Å²) in [5, 5.41) is 6.19. The normalized spacial score (nSPS) is 15.2. The minimum atomic E-state index is -1.01. The van der Waals surface area contributed by atoms with Crippen LogP contribution in [0.1, 0.15) is 25.3 Å². The number of esters is 1. The third kappa shape index (κ3) is 4.87. The van der Waals surface area contributed by atoms with Gasteiger partial charge < -0.3 is 10.1 Å². The van der Waals surface area contributed by atoms with Crippen molar-refractivity contribution in [3.8, 4) is 0 Å². The summed E-state index contributed by atoms with van der Waals surface area (Å²) in [7, 11) is 0. The molecule has 1 heterocycles. The molecule has 2 amide bonds. The SMILES string of the molecule is C[C@H](OC(=O)C1=NNC(=O)CC1)C(=O)NCc1ccc(F)cc1. The zero-order valence-electron chi connectivity index (χ0n) is 12.5. The van der Waals surface area contributed by atoms with Crippen LogP contribution in [0, 0.1) is 5.82 Å². The predicted octanol–water partition coefficient (Wildman–Crippen LogP) is 0.640. The van der Waals surface area contributed by atoms with Gasteiger partial charge in [-0.15, -0.1) is 0 Å². The van der Waals surface area contributed by atoms with Gasteiger partial charge in [-0.25, -0.2) is 14.6 Å². The van der Waals surface area contributed by atoms with Crippen molar-refractivity contribution in [2.24, 2.45) is 5.10 Å². The molecule has 1 aromatic carbocycles. The van der Waals surface area contributed by atoms with Crippen LogP contribution in [-0.4, -0.2) is 29.6 Å². The predicted molar refractivity (Wildman–Crippen MR) is 78.6 cm³/mol. The minimum Gasteiger partial charge on any atom is -0.448 e. The molecule has 1 aliphatic heterocycles. The summed E-state index contributed by atoms with van der Waals surface area (Å²) in [6, 6.07) is 5.68. The van der Waals surface area contributed by atoms with E-state index in [1.54, 1.807) is 12.1 Å². The second kappa shape index (κ2) is 7.48. The molecule has 2 N–H and O–H groups in total. The van der Waals surface area contributed by atoms with Gasteiger partial charge in [-0.05, 0) is 24.6 Å². The molecule has 1 atom stereocenters. The summed E-state index contributed by atoms with van der Waals surface area (Å²) >= 11 is 0. The molecular weight excluding hydrogens is 305 g/mol. The van der Waals surface area contributed by atoms with E-state index in [1.165, 1.54) is 19.1 Å². The van der Waals surface area contributed by atoms with Gasteiger partial charge in [-0.2, -0.15) is 5.10 Å². The maximum absolute atomic E-state index is 12.8. The number of hydrogen-bond donors (Lipinski definition) is 2. The van der Waals surface area contributed by atoms with E-state index in [4.69, 9.17) is 4.74 Å². The molecule has 1 aromatic rings. The Morgan fingerprint density at radius 3 is 2.65 bits per heavy atom. The van der Waals surface area contributed by atoms with Crippen LogP contribution >= 0.6 is 0 Å². The van der Waals surface area contributed by atoms with Crippen molar-refractivity contribution in [3.63, 3.8) is 0 Å². The van der Waals surface area contributed by atoms with Crippen LogP contribution in [0.5, 0.6) is 0 Å². The fourth-order valence-corrected chi connectivity index (χ4v) is 1.84. The Balaban J connectivity index is 1.81. The molecule has 0 spiro atoms. The van der Waals surface area contributed by atoms with Crippen LogP contribution < -0.4 is 10.7 Å². The molecule has 0 saturated carbocycles. The van der Waals surface area contributed by atoms with E-state index in [0.717, 1.165) is 5.56 Å². The van der Waals surface area contributed by atoms with Gasteiger partial charge in [0.15, 0.2) is 6.10 Å². The minimum absolute atomic E-state index is 0.0720. The molecule has 0 saturated heterocycles. The number of carbonyl (C=O) groups excluding carboxylic acids is 3. The molecule has 0 unspecified atom stereocenters. The monoisotopic (exact) mass is 321 g/mol. The van der Waals surface area contributed by atoms with Crippen LogP contribution in [0.15, 0.2) is 29.4 Å². The number of hydrazone groups is 1. The van der Waals surface area contributed by atoms with Crippen LogP contribution in [0.25, 0.3) is 0 Å². The Hall–Kier alpha value is -2.77. The quantitative estimate of drug-likeness (QED) is 0.778. The van der Waals surface area contributed by atoms with E-state index in [2.05, 4.69) is 15.8 Å². The summed E-state index contributed by atoms with van der Waals surface area (Å²) in [6.07, 6.45) is -0.684. The van der Waals surface area contributed by atoms with Crippen molar-refractivity contribution >= 4 is 23.5 Å². The van der Waals surface area contributed by atoms with Gasteiger partial charge in [0.05, 0.1) is 0 Å². The van der Waals surface area contributed by atoms with Crippen LogP contribution in [0.3, 0.4) is 0 Å². The van der Waals surface area contributed by atoms with E-state index in [1.807, 2.05) is 0 Å². The Morgan fingerprint density at radius 1 is 1.35 bits per heavy atom. The van der Waals surface area contributed by atoms with E-state index < -0.39 is 18.0 Å². The highest BCUT2D eigenvalue weighted by atomic mass is 19.1. The average Bonchev–Trinajstić information content (AvgIpc) is 2.54. The fourth-order valence-electron chi connectivity index (χ4n) is 1.84. The van der Waals surface area contributed by atoms with E-state index in [0.29, 0.717) is 0 Å². The number of hydrogen-bond acceptors (Lipinski definition) is 5. The molecule has 0 fully saturated rings. The fraction of sp³-hybridized carbons (Fsp3) is 0.333. The topological polar surface area (TPSA) is 96.9 Å². The van der Waals surface area contributed by atoms with Gasteiger partial charge in [-0.1, -0.05) is 12.1 Å². The first-order valence-electron chi connectivity index (χ1n) is 7.04. The highest BCUT2D eigenvalue weighted by Gasteiger charge is 2.24. The molecule has 0 bridgehead atoms. The number of benzene rings is 1. The summed E-state index contributed by atoms with van der Waals surface area (Å²) < 4.78 is 17.8. The van der Waals surface area contributed by atoms with Crippen molar-refractivity contribution in [1.29, 1.82) is 0 Å². The van der Waals surface area contributed by atoms with Gasteiger partial charge in [0.1, 0.15) is 11.5 Å². The highest BCUT2D eigenvalue weighted by molar-refractivity contribution is 6.37. The Bertz CT molecular complexity index is 643. The van der Waals surface area contributed by atoms with Gasteiger partial charge in [-0.3, -0.25) is 9.59 Å². The van der Waals surface area contributed by atoms with Gasteiger partial charge in [0, 0.05) is 19.4 Å². The summed E-state index contributed by atoms with van der Waals surface area (Å²) in [6.45, 7) is 1.62. The Labute approximate surface area is 131 Å². The van der Waals surface area contributed by atoms with E-state index >= 15 is 0 Å². The number of nitrogens with zero attached hydrogens (tertiary/aromatic N) is 1. The lowest BCUT2D eigenvalue weighted by Crippen LogP contribution is -2.38. The van der Waals surface area contributed by atoms with Crippen molar-refractivity contribution in [1.82, 2.24) is 10.7 Å². The zero-order chi connectivity index (χ0) is 16.8. The lowest BCUT2D eigenvalue weighted by atomic mass is 10.2. The van der Waals surface area contributed by atoms with Crippen LogP contribution in [0.2, 0.25) is 0 Å². The molecule has 1 aliphatic rings. The first kappa shape index (κ1) is 16.6. The van der Waals surface area contributed by atoms with Crippen molar-refractivity contribution in [2.75, 3.05) is 0 Å². The largest absolute Gasteiger partial charge is 0.448 e. The number of carbonyl (C=O) groups is 3. The van der Waals surface area contributed by atoms with Gasteiger partial charge in [0.25, 0.3) is 5.91 Å². The smallest absolute Gasteiger partial charge is 0.355 e. The first-order chi connectivity index (χ1) is 11.0. The number of halogens is 1. The van der Waals surface area contributed by atoms with Crippen molar-refractivity contribution in [3.05, 3.63) is 35.6 Å². The first-order valence-corrected chi connectivity index (χ1v) is 7.04. The number of amides is 2. The standard InChI is InChI=1S/C15H16FN3O4/c1-9(23-15(22)12-6-7-13(20)19-18-12)14(21)17-8-10-2-4-11(16)5-3-10/h2-5,9H,6-8H2,1H3,(H,17,21)(H,19,20)/t9-/m0/s1.